The second kappa shape index (κ2) is 7.01. The van der Waals surface area contributed by atoms with Crippen LogP contribution in [-0.4, -0.2) is 47.7 Å². The van der Waals surface area contributed by atoms with Crippen molar-refractivity contribution in [2.75, 3.05) is 19.8 Å². The summed E-state index contributed by atoms with van der Waals surface area (Å²) in [6.45, 7) is 0.965. The van der Waals surface area contributed by atoms with E-state index in [4.69, 9.17) is 9.84 Å². The van der Waals surface area contributed by atoms with Crippen molar-refractivity contribution in [2.45, 2.75) is 31.2 Å². The van der Waals surface area contributed by atoms with Crippen molar-refractivity contribution in [2.24, 2.45) is 5.92 Å². The van der Waals surface area contributed by atoms with Gasteiger partial charge in [0.25, 0.3) is 0 Å². The number of rotatable bonds is 5. The summed E-state index contributed by atoms with van der Waals surface area (Å²) in [5.74, 6) is -0.864. The number of carbonyl (C=O) groups excluding carboxylic acids is 1. The predicted molar refractivity (Wildman–Crippen MR) is 88.2 cm³/mol. The van der Waals surface area contributed by atoms with E-state index in [0.29, 0.717) is 26.1 Å². The normalized spacial score (nSPS) is 24.2. The highest BCUT2D eigenvalue weighted by Crippen LogP contribution is 2.49. The Labute approximate surface area is 143 Å². The lowest BCUT2D eigenvalue weighted by molar-refractivity contribution is -0.148. The second-order valence-corrected chi connectivity index (χ2v) is 7.12. The number of nitrogens with zero attached hydrogens (tertiary/aromatic N) is 1. The van der Waals surface area contributed by atoms with Crippen LogP contribution in [-0.2, 0) is 14.3 Å². The molecule has 1 saturated carbocycles. The number of hydrogen-bond acceptors (Lipinski definition) is 3. The van der Waals surface area contributed by atoms with E-state index < -0.39 is 5.97 Å². The molecule has 2 aliphatic rings. The van der Waals surface area contributed by atoms with E-state index >= 15 is 0 Å². The number of hydrogen-bond donors (Lipinski definition) is 1. The predicted octanol–water partition coefficient (Wildman–Crippen LogP) is 2.64. The number of ether oxygens (including phenoxy) is 1. The lowest BCUT2D eigenvalue weighted by Gasteiger charge is -2.33. The molecule has 1 aromatic rings. The van der Waals surface area contributed by atoms with Gasteiger partial charge < -0.3 is 14.7 Å². The van der Waals surface area contributed by atoms with Gasteiger partial charge in [-0.25, -0.2) is 0 Å². The molecule has 0 bridgehead atoms. The first-order chi connectivity index (χ1) is 11.1. The van der Waals surface area contributed by atoms with Gasteiger partial charge in [0, 0.05) is 29.6 Å². The molecule has 1 saturated heterocycles. The fraction of sp³-hybridized carbons (Fsp3) is 0.529. The van der Waals surface area contributed by atoms with Gasteiger partial charge in [-0.2, -0.15) is 0 Å². The van der Waals surface area contributed by atoms with Crippen LogP contribution < -0.4 is 0 Å². The molecule has 0 radical (unpaired) electrons. The fourth-order valence-corrected chi connectivity index (χ4v) is 3.73. The van der Waals surface area contributed by atoms with Gasteiger partial charge in [0.1, 0.15) is 6.54 Å². The summed E-state index contributed by atoms with van der Waals surface area (Å²) in [6, 6.07) is 7.97. The van der Waals surface area contributed by atoms with Crippen molar-refractivity contribution >= 4 is 27.8 Å². The zero-order chi connectivity index (χ0) is 16.4. The van der Waals surface area contributed by atoms with E-state index in [1.54, 1.807) is 4.90 Å². The molecular weight excluding hydrogens is 362 g/mol. The third-order valence-corrected chi connectivity index (χ3v) is 5.10. The summed E-state index contributed by atoms with van der Waals surface area (Å²) in [7, 11) is 0. The van der Waals surface area contributed by atoms with E-state index in [1.807, 2.05) is 24.3 Å². The Kier molecular flexibility index (Phi) is 5.02. The molecule has 1 amide bonds. The number of benzene rings is 1. The molecule has 1 aromatic carbocycles. The highest BCUT2D eigenvalue weighted by atomic mass is 79.9. The van der Waals surface area contributed by atoms with E-state index in [9.17, 15) is 9.59 Å². The number of carbonyl (C=O) groups is 2. The standard InChI is InChI=1S/C17H20BrNO4/c18-12-3-1-2-11(8-12)14-9-15(14)17(22)19(10-16(20)21)13-4-6-23-7-5-13/h1-3,8,13-15H,4-7,9-10H2,(H,20,21)/t14-,15+/m0/s1. The van der Waals surface area contributed by atoms with E-state index in [-0.39, 0.29) is 30.3 Å². The van der Waals surface area contributed by atoms with Crippen LogP contribution in [0.1, 0.15) is 30.7 Å². The molecule has 124 valence electrons. The Morgan fingerprint density at radius 1 is 1.30 bits per heavy atom. The molecule has 0 unspecified atom stereocenters. The monoisotopic (exact) mass is 381 g/mol. The molecule has 5 nitrogen and oxygen atoms in total. The van der Waals surface area contributed by atoms with Crippen molar-refractivity contribution < 1.29 is 19.4 Å². The van der Waals surface area contributed by atoms with Crippen molar-refractivity contribution in [3.8, 4) is 0 Å². The molecule has 0 aromatic heterocycles. The van der Waals surface area contributed by atoms with Crippen LogP contribution in [0.3, 0.4) is 0 Å². The van der Waals surface area contributed by atoms with Crippen LogP contribution in [0.4, 0.5) is 0 Å². The van der Waals surface area contributed by atoms with Crippen molar-refractivity contribution in [1.82, 2.24) is 4.90 Å². The molecule has 2 fully saturated rings. The molecule has 1 aliphatic heterocycles. The number of amides is 1. The van der Waals surface area contributed by atoms with Crippen LogP contribution in [0.15, 0.2) is 28.7 Å². The van der Waals surface area contributed by atoms with Crippen LogP contribution >= 0.6 is 15.9 Å². The summed E-state index contributed by atoms with van der Waals surface area (Å²) in [4.78, 5) is 25.5. The quantitative estimate of drug-likeness (QED) is 0.851. The van der Waals surface area contributed by atoms with Crippen LogP contribution in [0.5, 0.6) is 0 Å². The zero-order valence-corrected chi connectivity index (χ0v) is 14.4. The molecular formula is C17H20BrNO4. The number of halogens is 1. The van der Waals surface area contributed by atoms with Gasteiger partial charge in [-0.15, -0.1) is 0 Å². The fourth-order valence-electron chi connectivity index (χ4n) is 3.32. The SMILES string of the molecule is O=C(O)CN(C(=O)[C@@H]1C[C@H]1c1cccc(Br)c1)C1CCOCC1. The van der Waals surface area contributed by atoms with E-state index in [0.717, 1.165) is 16.5 Å². The molecule has 2 atom stereocenters. The third kappa shape index (κ3) is 3.93. The Morgan fingerprint density at radius 3 is 2.70 bits per heavy atom. The zero-order valence-electron chi connectivity index (χ0n) is 12.8. The summed E-state index contributed by atoms with van der Waals surface area (Å²) in [6.07, 6.45) is 2.23. The van der Waals surface area contributed by atoms with Gasteiger partial charge in [-0.3, -0.25) is 9.59 Å². The number of carboxylic acids is 1. The maximum absolute atomic E-state index is 12.8. The topological polar surface area (TPSA) is 66.8 Å². The minimum Gasteiger partial charge on any atom is -0.480 e. The summed E-state index contributed by atoms with van der Waals surface area (Å²) in [5, 5.41) is 9.15. The van der Waals surface area contributed by atoms with Crippen LogP contribution in [0, 0.1) is 5.92 Å². The van der Waals surface area contributed by atoms with Gasteiger partial charge >= 0.3 is 5.97 Å². The van der Waals surface area contributed by atoms with Gasteiger partial charge in [-0.1, -0.05) is 28.1 Å². The summed E-state index contributed by atoms with van der Waals surface area (Å²) < 4.78 is 6.32. The highest BCUT2D eigenvalue weighted by Gasteiger charge is 2.47. The van der Waals surface area contributed by atoms with Crippen LogP contribution in [0.2, 0.25) is 0 Å². The van der Waals surface area contributed by atoms with Gasteiger partial charge in [0.15, 0.2) is 0 Å². The first kappa shape index (κ1) is 16.5. The van der Waals surface area contributed by atoms with Crippen molar-refractivity contribution in [3.05, 3.63) is 34.3 Å². The molecule has 0 spiro atoms. The Balaban J connectivity index is 1.70. The third-order valence-electron chi connectivity index (χ3n) is 4.60. The average Bonchev–Trinajstić information content (AvgIpc) is 3.33. The maximum atomic E-state index is 12.8. The molecule has 1 N–H and O–H groups in total. The molecule has 23 heavy (non-hydrogen) atoms. The number of carboxylic acid groups (broad SMARTS) is 1. The Bertz CT molecular complexity index is 600. The van der Waals surface area contributed by atoms with E-state index in [2.05, 4.69) is 15.9 Å². The second-order valence-electron chi connectivity index (χ2n) is 6.21. The molecule has 3 rings (SSSR count). The molecule has 6 heteroatoms. The molecule has 1 aliphatic carbocycles. The first-order valence-electron chi connectivity index (χ1n) is 7.91. The van der Waals surface area contributed by atoms with Crippen LogP contribution in [0.25, 0.3) is 0 Å². The van der Waals surface area contributed by atoms with Gasteiger partial charge in [0.05, 0.1) is 0 Å². The maximum Gasteiger partial charge on any atom is 0.323 e. The highest BCUT2D eigenvalue weighted by molar-refractivity contribution is 9.10. The Morgan fingerprint density at radius 2 is 2.04 bits per heavy atom. The average molecular weight is 382 g/mol. The largest absolute Gasteiger partial charge is 0.480 e. The van der Waals surface area contributed by atoms with Gasteiger partial charge in [-0.05, 0) is 42.9 Å². The smallest absolute Gasteiger partial charge is 0.323 e. The molecule has 1 heterocycles. The number of aliphatic carboxylic acids is 1. The minimum absolute atomic E-state index is 0.0175. The first-order valence-corrected chi connectivity index (χ1v) is 8.71. The lowest BCUT2D eigenvalue weighted by Crippen LogP contribution is -2.46. The lowest BCUT2D eigenvalue weighted by atomic mass is 10.0. The van der Waals surface area contributed by atoms with Crippen molar-refractivity contribution in [1.29, 1.82) is 0 Å². The van der Waals surface area contributed by atoms with E-state index in [1.165, 1.54) is 0 Å². The summed E-state index contributed by atoms with van der Waals surface area (Å²) >= 11 is 3.45. The minimum atomic E-state index is -0.954. The van der Waals surface area contributed by atoms with Gasteiger partial charge in [0.2, 0.25) is 5.91 Å². The Hall–Kier alpha value is -1.40. The van der Waals surface area contributed by atoms with Crippen molar-refractivity contribution in [3.63, 3.8) is 0 Å². The summed E-state index contributed by atoms with van der Waals surface area (Å²) in [5.41, 5.74) is 1.14.